The van der Waals surface area contributed by atoms with Crippen LogP contribution in [0.2, 0.25) is 0 Å². The van der Waals surface area contributed by atoms with Gasteiger partial charge in [-0.25, -0.2) is 9.59 Å². The van der Waals surface area contributed by atoms with Gasteiger partial charge < -0.3 is 29.9 Å². The van der Waals surface area contributed by atoms with Crippen molar-refractivity contribution in [3.8, 4) is 0 Å². The number of esters is 2. The van der Waals surface area contributed by atoms with Crippen LogP contribution >= 0.6 is 0 Å². The number of aliphatic hydroxyl groups is 2. The van der Waals surface area contributed by atoms with E-state index >= 15 is 0 Å². The van der Waals surface area contributed by atoms with Crippen molar-refractivity contribution in [1.29, 1.82) is 0 Å². The number of nitrogens with zero attached hydrogens (tertiary/aromatic N) is 1. The standard InChI is InChI=1S/C26H33NO4.C4H6O6/c1-4-24(28)30-23(21-12-8-6-9-13-21)16-18-27-19-17-26(20(27)3,31-25(29)5-2)22-14-10-7-11-15-22;5-1(3(7)8)2(6)4(9)10/h6-15,20,23H,4-5,16-19H2,1-3H3;1-2,5-6H,(H,7,8)(H,9,10)/t;1-,2-/m.1/s1. The van der Waals surface area contributed by atoms with Crippen molar-refractivity contribution in [2.24, 2.45) is 0 Å². The molecular formula is C30H39NO10. The molecule has 11 heteroatoms. The van der Waals surface area contributed by atoms with Gasteiger partial charge in [0.1, 0.15) is 6.10 Å². The number of aliphatic hydroxyl groups excluding tert-OH is 2. The predicted molar refractivity (Wildman–Crippen MR) is 148 cm³/mol. The molecule has 1 aliphatic heterocycles. The molecule has 41 heavy (non-hydrogen) atoms. The second-order valence-corrected chi connectivity index (χ2v) is 9.64. The Labute approximate surface area is 239 Å². The maximum Gasteiger partial charge on any atom is 0.335 e. The van der Waals surface area contributed by atoms with Crippen LogP contribution in [-0.4, -0.2) is 80.5 Å². The highest BCUT2D eigenvalue weighted by molar-refractivity contribution is 5.83. The average Bonchev–Trinajstić information content (AvgIpc) is 3.30. The normalized spacial score (nSPS) is 20.6. The summed E-state index contributed by atoms with van der Waals surface area (Å²) in [4.78, 5) is 46.2. The van der Waals surface area contributed by atoms with E-state index in [1.165, 1.54) is 0 Å². The molecule has 5 atom stereocenters. The van der Waals surface area contributed by atoms with E-state index in [-0.39, 0.29) is 24.1 Å². The van der Waals surface area contributed by atoms with Crippen molar-refractivity contribution in [1.82, 2.24) is 4.90 Å². The summed E-state index contributed by atoms with van der Waals surface area (Å²) < 4.78 is 11.8. The first-order valence-corrected chi connectivity index (χ1v) is 13.5. The first-order chi connectivity index (χ1) is 19.5. The van der Waals surface area contributed by atoms with E-state index in [4.69, 9.17) is 29.9 Å². The number of carboxylic acids is 2. The van der Waals surface area contributed by atoms with E-state index in [0.717, 1.165) is 30.6 Å². The maximum atomic E-state index is 12.3. The van der Waals surface area contributed by atoms with Gasteiger partial charge in [0.15, 0.2) is 17.8 Å². The van der Waals surface area contributed by atoms with Gasteiger partial charge in [0.25, 0.3) is 0 Å². The minimum Gasteiger partial charge on any atom is -0.479 e. The van der Waals surface area contributed by atoms with Gasteiger partial charge in [-0.15, -0.1) is 0 Å². The molecule has 2 aromatic rings. The molecule has 0 aromatic heterocycles. The molecule has 0 amide bonds. The number of likely N-dealkylation sites (tertiary alicyclic amines) is 1. The van der Waals surface area contributed by atoms with Crippen LogP contribution in [0, 0.1) is 0 Å². The van der Waals surface area contributed by atoms with E-state index in [0.29, 0.717) is 19.3 Å². The molecule has 0 radical (unpaired) electrons. The molecule has 3 rings (SSSR count). The fourth-order valence-electron chi connectivity index (χ4n) is 4.65. The Morgan fingerprint density at radius 2 is 1.39 bits per heavy atom. The van der Waals surface area contributed by atoms with Crippen molar-refractivity contribution in [3.05, 3.63) is 71.8 Å². The second kappa shape index (κ2) is 15.8. The minimum atomic E-state index is -2.27. The summed E-state index contributed by atoms with van der Waals surface area (Å²) in [6.45, 7) is 7.32. The van der Waals surface area contributed by atoms with E-state index in [2.05, 4.69) is 11.8 Å². The number of aliphatic carboxylic acids is 2. The quantitative estimate of drug-likeness (QED) is 0.275. The number of benzene rings is 2. The average molecular weight is 574 g/mol. The number of carbonyl (C=O) groups is 4. The Morgan fingerprint density at radius 1 is 0.878 bits per heavy atom. The number of ether oxygens (including phenoxy) is 2. The first-order valence-electron chi connectivity index (χ1n) is 13.5. The van der Waals surface area contributed by atoms with Crippen molar-refractivity contribution in [3.63, 3.8) is 0 Å². The largest absolute Gasteiger partial charge is 0.479 e. The number of rotatable bonds is 12. The molecule has 11 nitrogen and oxygen atoms in total. The van der Waals surface area contributed by atoms with Gasteiger partial charge in [-0.3, -0.25) is 14.5 Å². The molecule has 0 spiro atoms. The van der Waals surface area contributed by atoms with Crippen LogP contribution < -0.4 is 0 Å². The highest BCUT2D eigenvalue weighted by Gasteiger charge is 2.49. The third-order valence-corrected chi connectivity index (χ3v) is 7.06. The SMILES string of the molecule is CCC(=O)OC(CCN1CCC(OC(=O)CC)(c2ccccc2)C1C)c1ccccc1.O=C(O)[C@H](O)[C@@H](O)C(=O)O. The van der Waals surface area contributed by atoms with Gasteiger partial charge in [-0.1, -0.05) is 74.5 Å². The monoisotopic (exact) mass is 573 g/mol. The fourth-order valence-corrected chi connectivity index (χ4v) is 4.65. The van der Waals surface area contributed by atoms with Crippen LogP contribution in [0.1, 0.15) is 63.7 Å². The molecule has 2 aromatic carbocycles. The summed E-state index contributed by atoms with van der Waals surface area (Å²) in [5, 5.41) is 32.5. The van der Waals surface area contributed by atoms with Gasteiger partial charge in [0, 0.05) is 38.8 Å². The summed E-state index contributed by atoms with van der Waals surface area (Å²) in [6, 6.07) is 19.9. The third-order valence-electron chi connectivity index (χ3n) is 7.06. The van der Waals surface area contributed by atoms with Crippen LogP contribution in [0.4, 0.5) is 0 Å². The Balaban J connectivity index is 0.000000503. The molecule has 3 unspecified atom stereocenters. The third kappa shape index (κ3) is 9.10. The molecule has 1 saturated heterocycles. The zero-order valence-electron chi connectivity index (χ0n) is 23.5. The summed E-state index contributed by atoms with van der Waals surface area (Å²) in [7, 11) is 0. The highest BCUT2D eigenvalue weighted by Crippen LogP contribution is 2.42. The summed E-state index contributed by atoms with van der Waals surface area (Å²) in [6.07, 6.45) is -2.68. The van der Waals surface area contributed by atoms with Crippen molar-refractivity contribution in [2.75, 3.05) is 13.1 Å². The Morgan fingerprint density at radius 3 is 1.88 bits per heavy atom. The van der Waals surface area contributed by atoms with E-state index in [1.807, 2.05) is 74.5 Å². The predicted octanol–water partition coefficient (Wildman–Crippen LogP) is 2.89. The van der Waals surface area contributed by atoms with Crippen molar-refractivity contribution < 1.29 is 49.1 Å². The molecule has 0 aliphatic carbocycles. The Kier molecular flexibility index (Phi) is 12.9. The van der Waals surface area contributed by atoms with E-state index in [1.54, 1.807) is 0 Å². The van der Waals surface area contributed by atoms with Gasteiger partial charge in [-0.2, -0.15) is 0 Å². The zero-order chi connectivity index (χ0) is 30.6. The van der Waals surface area contributed by atoms with Gasteiger partial charge >= 0.3 is 23.9 Å². The maximum absolute atomic E-state index is 12.3. The van der Waals surface area contributed by atoms with Gasteiger partial charge in [-0.05, 0) is 18.1 Å². The number of hydrogen-bond acceptors (Lipinski definition) is 9. The number of hydrogen-bond donors (Lipinski definition) is 4. The molecule has 1 fully saturated rings. The number of carboxylic acid groups (broad SMARTS) is 2. The minimum absolute atomic E-state index is 0.0173. The molecule has 0 saturated carbocycles. The zero-order valence-corrected chi connectivity index (χ0v) is 23.5. The van der Waals surface area contributed by atoms with Crippen molar-refractivity contribution >= 4 is 23.9 Å². The lowest BCUT2D eigenvalue weighted by Gasteiger charge is -2.36. The second-order valence-electron chi connectivity index (χ2n) is 9.64. The molecule has 4 N–H and O–H groups in total. The topological polar surface area (TPSA) is 171 Å². The lowest BCUT2D eigenvalue weighted by molar-refractivity contribution is -0.165. The lowest BCUT2D eigenvalue weighted by Crippen LogP contribution is -2.44. The van der Waals surface area contributed by atoms with E-state index < -0.39 is 29.7 Å². The van der Waals surface area contributed by atoms with Crippen molar-refractivity contribution in [2.45, 2.75) is 76.4 Å². The molecule has 1 heterocycles. The van der Waals surface area contributed by atoms with Gasteiger partial charge in [0.05, 0.1) is 6.04 Å². The molecule has 1 aliphatic rings. The van der Waals surface area contributed by atoms with Crippen LogP contribution in [0.5, 0.6) is 0 Å². The fraction of sp³-hybridized carbons (Fsp3) is 0.467. The van der Waals surface area contributed by atoms with E-state index in [9.17, 15) is 19.2 Å². The van der Waals surface area contributed by atoms with Crippen LogP contribution in [0.25, 0.3) is 0 Å². The highest BCUT2D eigenvalue weighted by atomic mass is 16.6. The number of carbonyl (C=O) groups excluding carboxylic acids is 2. The first kappa shape index (κ1) is 33.4. The van der Waals surface area contributed by atoms with Gasteiger partial charge in [0.2, 0.25) is 0 Å². The molecular weight excluding hydrogens is 534 g/mol. The summed E-state index contributed by atoms with van der Waals surface area (Å²) >= 11 is 0. The molecule has 0 bridgehead atoms. The Hall–Kier alpha value is -3.80. The summed E-state index contributed by atoms with van der Waals surface area (Å²) in [5.74, 6) is -3.92. The smallest absolute Gasteiger partial charge is 0.335 e. The van der Waals surface area contributed by atoms with Crippen LogP contribution in [0.15, 0.2) is 60.7 Å². The molecule has 224 valence electrons. The van der Waals surface area contributed by atoms with Crippen LogP contribution in [0.3, 0.4) is 0 Å². The lowest BCUT2D eigenvalue weighted by atomic mass is 9.86. The Bertz CT molecular complexity index is 1120. The van der Waals surface area contributed by atoms with Crippen LogP contribution in [-0.2, 0) is 34.3 Å². The summed E-state index contributed by atoms with van der Waals surface area (Å²) in [5.41, 5.74) is 1.38.